The summed E-state index contributed by atoms with van der Waals surface area (Å²) in [6.45, 7) is 5.39. The molecule has 0 aliphatic rings. The topological polar surface area (TPSA) is 112 Å². The molecule has 0 aromatic carbocycles. The molecule has 0 rings (SSSR count). The van der Waals surface area contributed by atoms with E-state index in [1.165, 1.54) is 27.7 Å². The van der Waals surface area contributed by atoms with Gasteiger partial charge in [0.15, 0.2) is 11.6 Å². The van der Waals surface area contributed by atoms with Crippen molar-refractivity contribution in [3.8, 4) is 0 Å². The molecular formula is C10H16O5Sr. The van der Waals surface area contributed by atoms with E-state index in [9.17, 15) is 19.8 Å². The van der Waals surface area contributed by atoms with Gasteiger partial charge in [-0.25, -0.2) is 0 Å². The van der Waals surface area contributed by atoms with Crippen LogP contribution < -0.4 is 10.2 Å². The van der Waals surface area contributed by atoms with Crippen molar-refractivity contribution in [3.05, 3.63) is 23.7 Å². The van der Waals surface area contributed by atoms with Gasteiger partial charge in [-0.15, -0.1) is 11.5 Å². The fraction of sp³-hybridized carbons (Fsp3) is 0.400. The van der Waals surface area contributed by atoms with Crippen molar-refractivity contribution in [2.45, 2.75) is 27.7 Å². The Morgan fingerprint density at radius 1 is 0.812 bits per heavy atom. The molecule has 5 nitrogen and oxygen atoms in total. The summed E-state index contributed by atoms with van der Waals surface area (Å²) in [7, 11) is 0. The fourth-order valence-electron chi connectivity index (χ4n) is 0.572. The van der Waals surface area contributed by atoms with Crippen LogP contribution in [0.25, 0.3) is 0 Å². The van der Waals surface area contributed by atoms with E-state index < -0.39 is 0 Å². The number of allylic oxidation sites excluding steroid dienone is 4. The Bertz CT molecular complexity index is 232. The molecule has 0 aliphatic heterocycles. The molecular weight excluding hydrogens is 288 g/mol. The van der Waals surface area contributed by atoms with Crippen LogP contribution in [0.4, 0.5) is 0 Å². The smallest absolute Gasteiger partial charge is 0.876 e. The zero-order valence-electron chi connectivity index (χ0n) is 9.99. The van der Waals surface area contributed by atoms with Gasteiger partial charge in [0.1, 0.15) is 0 Å². The Balaban J connectivity index is -0.0000000800. The largest absolute Gasteiger partial charge is 2.00 e. The number of hydrogen-bond acceptors (Lipinski definition) is 4. The Hall–Kier alpha value is -0.139. The summed E-state index contributed by atoms with van der Waals surface area (Å²) in [5.41, 5.74) is 0. The molecule has 0 spiro atoms. The second-order valence-electron chi connectivity index (χ2n) is 2.73. The number of rotatable bonds is 2. The first kappa shape index (κ1) is 24.9. The Morgan fingerprint density at radius 3 is 1.00 bits per heavy atom. The predicted octanol–water partition coefficient (Wildman–Crippen LogP) is -1.53. The van der Waals surface area contributed by atoms with E-state index in [1.54, 1.807) is 0 Å². The number of ketones is 2. The fourth-order valence-corrected chi connectivity index (χ4v) is 0.572. The van der Waals surface area contributed by atoms with Crippen LogP contribution in [-0.2, 0) is 9.59 Å². The van der Waals surface area contributed by atoms with Crippen molar-refractivity contribution >= 4 is 57.0 Å². The van der Waals surface area contributed by atoms with Crippen LogP contribution in [0.1, 0.15) is 27.7 Å². The molecule has 0 amide bonds. The Morgan fingerprint density at radius 2 is 1.00 bits per heavy atom. The molecule has 0 radical (unpaired) electrons. The predicted molar refractivity (Wildman–Crippen MR) is 58.2 cm³/mol. The average molecular weight is 304 g/mol. The molecule has 0 aromatic rings. The summed E-state index contributed by atoms with van der Waals surface area (Å²) in [5, 5.41) is 20.0. The van der Waals surface area contributed by atoms with Crippen LogP contribution in [-0.4, -0.2) is 62.5 Å². The third kappa shape index (κ3) is 37.1. The molecule has 0 aromatic heterocycles. The van der Waals surface area contributed by atoms with E-state index in [4.69, 9.17) is 0 Å². The number of hydrogen-bond donors (Lipinski definition) is 0. The van der Waals surface area contributed by atoms with Gasteiger partial charge >= 0.3 is 45.5 Å². The molecule has 16 heavy (non-hydrogen) atoms. The molecule has 6 heteroatoms. The van der Waals surface area contributed by atoms with Crippen molar-refractivity contribution in [3.63, 3.8) is 0 Å². The van der Waals surface area contributed by atoms with Crippen molar-refractivity contribution in [2.24, 2.45) is 0 Å². The van der Waals surface area contributed by atoms with E-state index in [2.05, 4.69) is 0 Å². The molecule has 0 heterocycles. The second kappa shape index (κ2) is 14.9. The molecule has 0 atom stereocenters. The summed E-state index contributed by atoms with van der Waals surface area (Å²) < 4.78 is 0. The van der Waals surface area contributed by atoms with Crippen molar-refractivity contribution in [1.29, 1.82) is 0 Å². The maximum Gasteiger partial charge on any atom is 2.00 e. The van der Waals surface area contributed by atoms with Crippen LogP contribution in [0.3, 0.4) is 0 Å². The summed E-state index contributed by atoms with van der Waals surface area (Å²) in [5.74, 6) is -0.750. The van der Waals surface area contributed by atoms with Crippen molar-refractivity contribution < 1.29 is 25.3 Å². The molecule has 0 saturated heterocycles. The molecule has 0 aliphatic carbocycles. The van der Waals surface area contributed by atoms with Gasteiger partial charge in [0.05, 0.1) is 0 Å². The van der Waals surface area contributed by atoms with Gasteiger partial charge < -0.3 is 15.7 Å². The first-order valence-electron chi connectivity index (χ1n) is 3.97. The van der Waals surface area contributed by atoms with E-state index >= 15 is 0 Å². The van der Waals surface area contributed by atoms with Gasteiger partial charge in [0, 0.05) is 0 Å². The van der Waals surface area contributed by atoms with Gasteiger partial charge in [-0.05, 0) is 26.0 Å². The van der Waals surface area contributed by atoms with Crippen molar-refractivity contribution in [2.75, 3.05) is 0 Å². The maximum absolute atomic E-state index is 9.98. The first-order valence-corrected chi connectivity index (χ1v) is 3.97. The van der Waals surface area contributed by atoms with E-state index in [1.807, 2.05) is 0 Å². The Labute approximate surface area is 132 Å². The summed E-state index contributed by atoms with van der Waals surface area (Å²) in [6, 6.07) is 0. The molecule has 0 bridgehead atoms. The van der Waals surface area contributed by atoms with Crippen LogP contribution in [0.2, 0.25) is 0 Å². The van der Waals surface area contributed by atoms with Crippen LogP contribution in [0, 0.1) is 0 Å². The zero-order valence-corrected chi connectivity index (χ0v) is 13.5. The molecule has 0 saturated carbocycles. The summed E-state index contributed by atoms with van der Waals surface area (Å²) in [4.78, 5) is 20.0. The second-order valence-corrected chi connectivity index (χ2v) is 2.73. The molecule has 2 N–H and O–H groups in total. The zero-order chi connectivity index (χ0) is 11.7. The molecule has 88 valence electrons. The quantitative estimate of drug-likeness (QED) is 0.350. The van der Waals surface area contributed by atoms with E-state index in [0.717, 1.165) is 12.2 Å². The number of carbonyl (C=O) groups excluding carboxylic acids is 2. The van der Waals surface area contributed by atoms with Gasteiger partial charge in [0.2, 0.25) is 0 Å². The van der Waals surface area contributed by atoms with Gasteiger partial charge in [-0.2, -0.15) is 0 Å². The van der Waals surface area contributed by atoms with Crippen LogP contribution in [0.5, 0.6) is 0 Å². The minimum absolute atomic E-state index is 0. The van der Waals surface area contributed by atoms with Crippen LogP contribution in [0.15, 0.2) is 23.7 Å². The third-order valence-electron chi connectivity index (χ3n) is 0.813. The Kier molecular flexibility index (Phi) is 23.1. The van der Waals surface area contributed by atoms with Gasteiger partial charge in [0.25, 0.3) is 0 Å². The van der Waals surface area contributed by atoms with Crippen molar-refractivity contribution in [1.82, 2.24) is 0 Å². The average Bonchev–Trinajstić information content (AvgIpc) is 1.79. The SMILES string of the molecule is CC(=O)/C=C(/C)[O-].CC(=O)/C=C(/C)[O-].O.[Sr+2]. The van der Waals surface area contributed by atoms with E-state index in [-0.39, 0.29) is 74.0 Å². The normalized spacial score (nSPS) is 10.0. The summed E-state index contributed by atoms with van der Waals surface area (Å²) in [6.07, 6.45) is 2.11. The molecule has 0 unspecified atom stereocenters. The third-order valence-corrected chi connectivity index (χ3v) is 0.813. The monoisotopic (exact) mass is 304 g/mol. The minimum Gasteiger partial charge on any atom is -0.876 e. The maximum atomic E-state index is 9.98. The summed E-state index contributed by atoms with van der Waals surface area (Å²) >= 11 is 0. The first-order chi connectivity index (χ1) is 6.25. The van der Waals surface area contributed by atoms with Gasteiger partial charge in [-0.1, -0.05) is 13.8 Å². The standard InChI is InChI=1S/2C5H8O2.H2O.Sr/c2*1-4(6)3-5(2)7;;/h2*3,6H,1-2H3;1H2;/q;;;+2/p-2/b2*4-3-;;. The van der Waals surface area contributed by atoms with E-state index in [0.29, 0.717) is 0 Å². The number of carbonyl (C=O) groups is 2. The molecule has 0 fully saturated rings. The van der Waals surface area contributed by atoms with Gasteiger partial charge in [-0.3, -0.25) is 9.59 Å². The minimum atomic E-state index is -0.187. The van der Waals surface area contributed by atoms with Crippen LogP contribution >= 0.6 is 0 Å².